The molecule has 0 radical (unpaired) electrons. The second-order valence-electron chi connectivity index (χ2n) is 5.26. The van der Waals surface area contributed by atoms with Crippen LogP contribution in [0.25, 0.3) is 0 Å². The number of hydrogen-bond acceptors (Lipinski definition) is 2. The lowest BCUT2D eigenvalue weighted by molar-refractivity contribution is -0.117. The zero-order valence-electron chi connectivity index (χ0n) is 12.7. The molecule has 0 bridgehead atoms. The quantitative estimate of drug-likeness (QED) is 0.698. The summed E-state index contributed by atoms with van der Waals surface area (Å²) in [5.74, 6) is -0.201. The fourth-order valence-electron chi connectivity index (χ4n) is 2.15. The predicted molar refractivity (Wildman–Crippen MR) is 97.6 cm³/mol. The van der Waals surface area contributed by atoms with Crippen molar-refractivity contribution >= 4 is 46.4 Å². The molecule has 0 aliphatic rings. The molecular formula is C17H17Cl3N2O. The monoisotopic (exact) mass is 370 g/mol. The number of carbonyl (C=O) groups is 1. The van der Waals surface area contributed by atoms with Crippen LogP contribution in [0.15, 0.2) is 42.5 Å². The highest BCUT2D eigenvalue weighted by atomic mass is 35.5. The Hall–Kier alpha value is -1.26. The molecule has 0 aromatic heterocycles. The van der Waals surface area contributed by atoms with Crippen molar-refractivity contribution in [1.82, 2.24) is 5.32 Å². The van der Waals surface area contributed by atoms with Crippen molar-refractivity contribution < 1.29 is 4.79 Å². The molecule has 2 unspecified atom stereocenters. The highest BCUT2D eigenvalue weighted by molar-refractivity contribution is 6.44. The van der Waals surface area contributed by atoms with E-state index in [1.165, 1.54) is 12.1 Å². The number of benzene rings is 2. The van der Waals surface area contributed by atoms with E-state index >= 15 is 0 Å². The van der Waals surface area contributed by atoms with Crippen LogP contribution in [0.5, 0.6) is 0 Å². The number of hydrogen-bond donors (Lipinski definition) is 2. The number of carbonyl (C=O) groups excluding carboxylic acids is 1. The molecule has 3 nitrogen and oxygen atoms in total. The maximum absolute atomic E-state index is 12.3. The molecule has 2 aromatic rings. The molecule has 0 aliphatic heterocycles. The summed E-state index contributed by atoms with van der Waals surface area (Å²) in [4.78, 5) is 12.3. The molecule has 2 N–H and O–H groups in total. The first-order valence-corrected chi connectivity index (χ1v) is 8.28. The van der Waals surface area contributed by atoms with Crippen LogP contribution in [0.1, 0.15) is 25.5 Å². The van der Waals surface area contributed by atoms with Crippen molar-refractivity contribution in [3.63, 3.8) is 0 Å². The number of anilines is 1. The SMILES string of the molecule is CC(NC(C)c1ccccc1)C(=O)Nc1cc(Cl)c(Cl)cc1Cl. The van der Waals surface area contributed by atoms with Gasteiger partial charge in [0.15, 0.2) is 0 Å². The molecular weight excluding hydrogens is 355 g/mol. The summed E-state index contributed by atoms with van der Waals surface area (Å²) >= 11 is 17.9. The molecule has 0 heterocycles. The van der Waals surface area contributed by atoms with Crippen LogP contribution in [0.2, 0.25) is 15.1 Å². The van der Waals surface area contributed by atoms with Gasteiger partial charge in [-0.1, -0.05) is 65.1 Å². The second kappa shape index (κ2) is 8.02. The summed E-state index contributed by atoms with van der Waals surface area (Å²) in [6.07, 6.45) is 0. The fraction of sp³-hybridized carbons (Fsp3) is 0.235. The third-order valence-electron chi connectivity index (χ3n) is 3.46. The molecule has 2 rings (SSSR count). The first kappa shape index (κ1) is 18.1. The van der Waals surface area contributed by atoms with Crippen molar-refractivity contribution in [3.8, 4) is 0 Å². The van der Waals surface area contributed by atoms with E-state index in [4.69, 9.17) is 34.8 Å². The van der Waals surface area contributed by atoms with Gasteiger partial charge in [-0.2, -0.15) is 0 Å². The van der Waals surface area contributed by atoms with Crippen molar-refractivity contribution in [2.75, 3.05) is 5.32 Å². The minimum Gasteiger partial charge on any atom is -0.323 e. The average Bonchev–Trinajstić information content (AvgIpc) is 2.53. The zero-order chi connectivity index (χ0) is 17.0. The van der Waals surface area contributed by atoms with Gasteiger partial charge in [-0.3, -0.25) is 10.1 Å². The number of nitrogens with one attached hydrogen (secondary N) is 2. The highest BCUT2D eigenvalue weighted by Crippen LogP contribution is 2.32. The standard InChI is InChI=1S/C17H17Cl3N2O/c1-10(12-6-4-3-5-7-12)21-11(2)17(23)22-16-9-14(19)13(18)8-15(16)20/h3-11,21H,1-2H3,(H,22,23). The Labute approximate surface area is 150 Å². The van der Waals surface area contributed by atoms with Crippen molar-refractivity contribution in [3.05, 3.63) is 63.1 Å². The van der Waals surface area contributed by atoms with E-state index in [2.05, 4.69) is 10.6 Å². The topological polar surface area (TPSA) is 41.1 Å². The number of halogens is 3. The fourth-order valence-corrected chi connectivity index (χ4v) is 2.74. The third kappa shape index (κ3) is 4.85. The Bertz CT molecular complexity index is 692. The normalized spacial score (nSPS) is 13.4. The van der Waals surface area contributed by atoms with Gasteiger partial charge in [-0.15, -0.1) is 0 Å². The van der Waals surface area contributed by atoms with Crippen LogP contribution in [-0.4, -0.2) is 11.9 Å². The third-order valence-corrected chi connectivity index (χ3v) is 4.50. The summed E-state index contributed by atoms with van der Waals surface area (Å²) < 4.78 is 0. The Kier molecular flexibility index (Phi) is 6.31. The van der Waals surface area contributed by atoms with E-state index in [9.17, 15) is 4.79 Å². The Morgan fingerprint density at radius 1 is 0.957 bits per heavy atom. The van der Waals surface area contributed by atoms with Crippen LogP contribution in [-0.2, 0) is 4.79 Å². The molecule has 0 aliphatic carbocycles. The summed E-state index contributed by atoms with van der Waals surface area (Å²) in [5, 5.41) is 7.03. The molecule has 0 fully saturated rings. The summed E-state index contributed by atoms with van der Waals surface area (Å²) in [5.41, 5.74) is 1.55. The van der Waals surface area contributed by atoms with E-state index in [1.54, 1.807) is 6.92 Å². The lowest BCUT2D eigenvalue weighted by Gasteiger charge is -2.20. The molecule has 6 heteroatoms. The lowest BCUT2D eigenvalue weighted by Crippen LogP contribution is -2.39. The minimum absolute atomic E-state index is 0.0428. The summed E-state index contributed by atoms with van der Waals surface area (Å²) in [6, 6.07) is 12.6. The van der Waals surface area contributed by atoms with E-state index in [0.717, 1.165) is 5.56 Å². The summed E-state index contributed by atoms with van der Waals surface area (Å²) in [6.45, 7) is 3.80. The van der Waals surface area contributed by atoms with Gasteiger partial charge in [0.25, 0.3) is 0 Å². The van der Waals surface area contributed by atoms with E-state index in [1.807, 2.05) is 37.3 Å². The number of amides is 1. The molecule has 1 amide bonds. The van der Waals surface area contributed by atoms with Crippen molar-refractivity contribution in [2.45, 2.75) is 25.9 Å². The van der Waals surface area contributed by atoms with Gasteiger partial charge in [-0.25, -0.2) is 0 Å². The van der Waals surface area contributed by atoms with Gasteiger partial charge < -0.3 is 5.32 Å². The van der Waals surface area contributed by atoms with Crippen LogP contribution in [0.3, 0.4) is 0 Å². The average molecular weight is 372 g/mol. The lowest BCUT2D eigenvalue weighted by atomic mass is 10.1. The first-order chi connectivity index (χ1) is 10.9. The van der Waals surface area contributed by atoms with Gasteiger partial charge >= 0.3 is 0 Å². The molecule has 0 saturated heterocycles. The molecule has 2 aromatic carbocycles. The number of rotatable bonds is 5. The molecule has 0 spiro atoms. The van der Waals surface area contributed by atoms with Crippen LogP contribution in [0, 0.1) is 0 Å². The van der Waals surface area contributed by atoms with Gasteiger partial charge in [0.2, 0.25) is 5.91 Å². The largest absolute Gasteiger partial charge is 0.323 e. The smallest absolute Gasteiger partial charge is 0.241 e. The van der Waals surface area contributed by atoms with Crippen molar-refractivity contribution in [2.24, 2.45) is 0 Å². The van der Waals surface area contributed by atoms with Crippen LogP contribution >= 0.6 is 34.8 Å². The maximum atomic E-state index is 12.3. The molecule has 0 saturated carbocycles. The Morgan fingerprint density at radius 2 is 1.57 bits per heavy atom. The van der Waals surface area contributed by atoms with Gasteiger partial charge in [0.1, 0.15) is 0 Å². The van der Waals surface area contributed by atoms with E-state index in [-0.39, 0.29) is 11.9 Å². The van der Waals surface area contributed by atoms with Gasteiger partial charge in [0.05, 0.1) is 26.8 Å². The van der Waals surface area contributed by atoms with Crippen LogP contribution in [0.4, 0.5) is 5.69 Å². The molecule has 23 heavy (non-hydrogen) atoms. The minimum atomic E-state index is -0.407. The Morgan fingerprint density at radius 3 is 2.22 bits per heavy atom. The highest BCUT2D eigenvalue weighted by Gasteiger charge is 2.18. The van der Waals surface area contributed by atoms with Crippen molar-refractivity contribution in [1.29, 1.82) is 0 Å². The second-order valence-corrected chi connectivity index (χ2v) is 6.48. The van der Waals surface area contributed by atoms with E-state index < -0.39 is 6.04 Å². The van der Waals surface area contributed by atoms with E-state index in [0.29, 0.717) is 20.8 Å². The Balaban J connectivity index is 2.02. The predicted octanol–water partition coefficient (Wildman–Crippen LogP) is 5.32. The van der Waals surface area contributed by atoms with Crippen LogP contribution < -0.4 is 10.6 Å². The zero-order valence-corrected chi connectivity index (χ0v) is 15.0. The molecule has 2 atom stereocenters. The maximum Gasteiger partial charge on any atom is 0.241 e. The molecule has 122 valence electrons. The summed E-state index contributed by atoms with van der Waals surface area (Å²) in [7, 11) is 0. The van der Waals surface area contributed by atoms with Gasteiger partial charge in [0, 0.05) is 6.04 Å². The first-order valence-electron chi connectivity index (χ1n) is 7.15. The van der Waals surface area contributed by atoms with Gasteiger partial charge in [-0.05, 0) is 31.5 Å².